The van der Waals surface area contributed by atoms with Crippen molar-refractivity contribution >= 4 is 17.9 Å². The van der Waals surface area contributed by atoms with Crippen LogP contribution in [0.25, 0.3) is 0 Å². The molecule has 1 unspecified atom stereocenters. The molecule has 0 aromatic carbocycles. The Morgan fingerprint density at radius 3 is 0.966 bits per heavy atom. The summed E-state index contributed by atoms with van der Waals surface area (Å²) in [4.78, 5) is 37.8. The molecule has 0 aromatic heterocycles. The van der Waals surface area contributed by atoms with Crippen LogP contribution < -0.4 is 0 Å². The lowest BCUT2D eigenvalue weighted by Gasteiger charge is -2.18. The molecule has 6 heteroatoms. The molecule has 346 valence electrons. The SMILES string of the molecule is CCCCC/C=C\C/C=C\CCCCCCCCCCCC(=O)OCC(COC(=O)CCCCCCCCCCC)OC(=O)CCCCCCCCCCCCCCC. The van der Waals surface area contributed by atoms with E-state index in [1.165, 1.54) is 173 Å². The molecule has 0 aliphatic carbocycles. The Kier molecular flexibility index (Phi) is 46.8. The van der Waals surface area contributed by atoms with E-state index in [1.807, 2.05) is 0 Å². The Bertz CT molecular complexity index is 958. The average molecular weight is 831 g/mol. The molecule has 0 N–H and O–H groups in total. The van der Waals surface area contributed by atoms with Crippen LogP contribution in [-0.4, -0.2) is 37.2 Å². The number of unbranched alkanes of at least 4 members (excludes halogenated alkanes) is 32. The maximum Gasteiger partial charge on any atom is 0.306 e. The van der Waals surface area contributed by atoms with Gasteiger partial charge in [-0.15, -0.1) is 0 Å². The minimum atomic E-state index is -0.765. The number of hydrogen-bond acceptors (Lipinski definition) is 6. The van der Waals surface area contributed by atoms with Gasteiger partial charge in [0.15, 0.2) is 6.10 Å². The molecule has 0 fully saturated rings. The molecule has 59 heavy (non-hydrogen) atoms. The number of hydrogen-bond donors (Lipinski definition) is 0. The minimum absolute atomic E-state index is 0.0680. The highest BCUT2D eigenvalue weighted by Crippen LogP contribution is 2.16. The van der Waals surface area contributed by atoms with E-state index in [0.717, 1.165) is 64.2 Å². The monoisotopic (exact) mass is 831 g/mol. The van der Waals surface area contributed by atoms with Gasteiger partial charge < -0.3 is 14.2 Å². The van der Waals surface area contributed by atoms with Gasteiger partial charge >= 0.3 is 17.9 Å². The lowest BCUT2D eigenvalue weighted by Crippen LogP contribution is -2.30. The van der Waals surface area contributed by atoms with E-state index in [0.29, 0.717) is 19.3 Å². The first kappa shape index (κ1) is 56.9. The summed E-state index contributed by atoms with van der Waals surface area (Å²) in [5, 5.41) is 0. The highest BCUT2D eigenvalue weighted by atomic mass is 16.6. The zero-order valence-corrected chi connectivity index (χ0v) is 39.5. The number of carbonyl (C=O) groups excluding carboxylic acids is 3. The van der Waals surface area contributed by atoms with E-state index in [4.69, 9.17) is 14.2 Å². The first-order chi connectivity index (χ1) is 29.0. The van der Waals surface area contributed by atoms with Crippen molar-refractivity contribution in [1.29, 1.82) is 0 Å². The summed E-state index contributed by atoms with van der Waals surface area (Å²) in [7, 11) is 0. The average Bonchev–Trinajstić information content (AvgIpc) is 3.23. The Labute approximate surface area is 366 Å². The lowest BCUT2D eigenvalue weighted by atomic mass is 10.0. The second-order valence-electron chi connectivity index (χ2n) is 17.4. The Morgan fingerprint density at radius 2 is 0.610 bits per heavy atom. The highest BCUT2D eigenvalue weighted by molar-refractivity contribution is 5.71. The summed E-state index contributed by atoms with van der Waals surface area (Å²) < 4.78 is 16.8. The van der Waals surface area contributed by atoms with Crippen LogP contribution >= 0.6 is 0 Å². The molecule has 0 saturated carbocycles. The fourth-order valence-corrected chi connectivity index (χ4v) is 7.53. The van der Waals surface area contributed by atoms with Crippen LogP contribution in [0.5, 0.6) is 0 Å². The molecule has 0 aliphatic heterocycles. The summed E-state index contributed by atoms with van der Waals surface area (Å²) in [5.74, 6) is -0.862. The van der Waals surface area contributed by atoms with Crippen LogP contribution in [-0.2, 0) is 28.6 Å². The van der Waals surface area contributed by atoms with Crippen LogP contribution in [0.3, 0.4) is 0 Å². The lowest BCUT2D eigenvalue weighted by molar-refractivity contribution is -0.167. The predicted octanol–water partition coefficient (Wildman–Crippen LogP) is 16.8. The molecule has 6 nitrogen and oxygen atoms in total. The van der Waals surface area contributed by atoms with Crippen LogP contribution in [0.1, 0.15) is 278 Å². The van der Waals surface area contributed by atoms with Gasteiger partial charge in [-0.05, 0) is 51.4 Å². The second-order valence-corrected chi connectivity index (χ2v) is 17.4. The third kappa shape index (κ3) is 46.8. The van der Waals surface area contributed by atoms with E-state index in [1.54, 1.807) is 0 Å². The number of rotatable bonds is 47. The van der Waals surface area contributed by atoms with E-state index in [9.17, 15) is 14.4 Å². The van der Waals surface area contributed by atoms with Gasteiger partial charge in [0.05, 0.1) is 0 Å². The van der Waals surface area contributed by atoms with Gasteiger partial charge in [-0.25, -0.2) is 0 Å². The molecule has 0 bridgehead atoms. The molecule has 0 saturated heterocycles. The molecule has 1 atom stereocenters. The normalized spacial score (nSPS) is 12.1. The molecule has 0 heterocycles. The standard InChI is InChI=1S/C53H98O6/c1-4-7-10-13-16-19-21-23-24-25-26-27-28-30-31-34-37-40-43-46-52(55)58-49-50(48-57-51(54)45-42-39-36-33-18-15-12-9-6-3)59-53(56)47-44-41-38-35-32-29-22-20-17-14-11-8-5-2/h16,19,23-24,50H,4-15,17-18,20-22,25-49H2,1-3H3/b19-16-,24-23-. The number of carbonyl (C=O) groups is 3. The van der Waals surface area contributed by atoms with Crippen LogP contribution in [0.2, 0.25) is 0 Å². The minimum Gasteiger partial charge on any atom is -0.462 e. The first-order valence-electron chi connectivity index (χ1n) is 25.8. The molecular weight excluding hydrogens is 733 g/mol. The van der Waals surface area contributed by atoms with Crippen molar-refractivity contribution in [2.75, 3.05) is 13.2 Å². The Hall–Kier alpha value is -2.11. The molecule has 0 rings (SSSR count). The maximum atomic E-state index is 12.8. The zero-order chi connectivity index (χ0) is 43.0. The summed E-state index contributed by atoms with van der Waals surface area (Å²) >= 11 is 0. The van der Waals surface area contributed by atoms with E-state index in [-0.39, 0.29) is 31.1 Å². The largest absolute Gasteiger partial charge is 0.462 e. The van der Waals surface area contributed by atoms with Gasteiger partial charge in [0.25, 0.3) is 0 Å². The van der Waals surface area contributed by atoms with Crippen molar-refractivity contribution < 1.29 is 28.6 Å². The zero-order valence-electron chi connectivity index (χ0n) is 39.5. The summed E-state index contributed by atoms with van der Waals surface area (Å²) in [6, 6.07) is 0. The number of allylic oxidation sites excluding steroid dienone is 4. The molecule has 0 amide bonds. The van der Waals surface area contributed by atoms with E-state index in [2.05, 4.69) is 45.1 Å². The molecule has 0 aromatic rings. The topological polar surface area (TPSA) is 78.9 Å². The molecule has 0 aliphatic rings. The van der Waals surface area contributed by atoms with Crippen molar-refractivity contribution in [3.8, 4) is 0 Å². The predicted molar refractivity (Wildman–Crippen MR) is 252 cm³/mol. The third-order valence-electron chi connectivity index (χ3n) is 11.5. The quantitative estimate of drug-likeness (QED) is 0.0263. The second kappa shape index (κ2) is 48.6. The van der Waals surface area contributed by atoms with Gasteiger partial charge in [0.1, 0.15) is 13.2 Å². The Balaban J connectivity index is 4.26. The van der Waals surface area contributed by atoms with E-state index >= 15 is 0 Å². The van der Waals surface area contributed by atoms with Crippen molar-refractivity contribution in [3.63, 3.8) is 0 Å². The number of esters is 3. The van der Waals surface area contributed by atoms with E-state index < -0.39 is 6.10 Å². The summed E-state index contributed by atoms with van der Waals surface area (Å²) in [6.45, 7) is 6.61. The van der Waals surface area contributed by atoms with Crippen LogP contribution in [0.15, 0.2) is 24.3 Å². The fourth-order valence-electron chi connectivity index (χ4n) is 7.53. The van der Waals surface area contributed by atoms with Crippen molar-refractivity contribution in [3.05, 3.63) is 24.3 Å². The van der Waals surface area contributed by atoms with Gasteiger partial charge in [-0.1, -0.05) is 231 Å². The Morgan fingerprint density at radius 1 is 0.339 bits per heavy atom. The van der Waals surface area contributed by atoms with Gasteiger partial charge in [0.2, 0.25) is 0 Å². The highest BCUT2D eigenvalue weighted by Gasteiger charge is 2.19. The van der Waals surface area contributed by atoms with Gasteiger partial charge in [-0.2, -0.15) is 0 Å². The number of ether oxygens (including phenoxy) is 3. The smallest absolute Gasteiger partial charge is 0.306 e. The van der Waals surface area contributed by atoms with Crippen molar-refractivity contribution in [2.45, 2.75) is 284 Å². The van der Waals surface area contributed by atoms with Crippen LogP contribution in [0.4, 0.5) is 0 Å². The van der Waals surface area contributed by atoms with Crippen LogP contribution in [0, 0.1) is 0 Å². The molecular formula is C53H98O6. The van der Waals surface area contributed by atoms with Crippen molar-refractivity contribution in [1.82, 2.24) is 0 Å². The summed E-state index contributed by atoms with van der Waals surface area (Å²) in [6.07, 6.45) is 54.5. The molecule has 0 radical (unpaired) electrons. The third-order valence-corrected chi connectivity index (χ3v) is 11.5. The molecule has 0 spiro atoms. The fraction of sp³-hybridized carbons (Fsp3) is 0.868. The first-order valence-corrected chi connectivity index (χ1v) is 25.8. The van der Waals surface area contributed by atoms with Crippen molar-refractivity contribution in [2.24, 2.45) is 0 Å². The summed E-state index contributed by atoms with van der Waals surface area (Å²) in [5.41, 5.74) is 0. The maximum absolute atomic E-state index is 12.8. The van der Waals surface area contributed by atoms with Gasteiger partial charge in [-0.3, -0.25) is 14.4 Å². The van der Waals surface area contributed by atoms with Gasteiger partial charge in [0, 0.05) is 19.3 Å².